The van der Waals surface area contributed by atoms with Gasteiger partial charge in [-0.05, 0) is 37.8 Å². The van der Waals surface area contributed by atoms with Crippen molar-refractivity contribution < 1.29 is 9.90 Å². The van der Waals surface area contributed by atoms with Gasteiger partial charge < -0.3 is 15.8 Å². The molecule has 0 aromatic heterocycles. The fraction of sp³-hybridized carbons (Fsp3) is 0.429. The maximum atomic E-state index is 12.2. The minimum atomic E-state index is -0.671. The fourth-order valence-electron chi connectivity index (χ4n) is 2.13. The average Bonchev–Trinajstić information content (AvgIpc) is 2.57. The van der Waals surface area contributed by atoms with Gasteiger partial charge in [-0.1, -0.05) is 55.9 Å². The van der Waals surface area contributed by atoms with E-state index < -0.39 is 12.0 Å². The number of aliphatic hydroxyl groups excluding tert-OH is 1. The summed E-state index contributed by atoms with van der Waals surface area (Å²) in [6.07, 6.45) is 12.4. The van der Waals surface area contributed by atoms with Crippen molar-refractivity contribution in [2.75, 3.05) is 6.54 Å². The Morgan fingerprint density at radius 1 is 1.36 bits per heavy atom. The fourth-order valence-corrected chi connectivity index (χ4v) is 2.13. The molecule has 0 aromatic carbocycles. The molecule has 0 bridgehead atoms. The summed E-state index contributed by atoms with van der Waals surface area (Å²) in [5, 5.41) is 19.9. The third-order valence-corrected chi connectivity index (χ3v) is 3.64. The zero-order valence-corrected chi connectivity index (χ0v) is 15.7. The van der Waals surface area contributed by atoms with E-state index >= 15 is 0 Å². The third-order valence-electron chi connectivity index (χ3n) is 3.64. The van der Waals surface area contributed by atoms with Gasteiger partial charge in [0.25, 0.3) is 0 Å². The quantitative estimate of drug-likeness (QED) is 0.283. The Labute approximate surface area is 152 Å². The van der Waals surface area contributed by atoms with E-state index in [1.165, 1.54) is 0 Å². The Kier molecular flexibility index (Phi) is 12.0. The van der Waals surface area contributed by atoms with Crippen LogP contribution in [-0.2, 0) is 4.79 Å². The van der Waals surface area contributed by atoms with Crippen LogP contribution in [0.15, 0.2) is 60.3 Å². The highest BCUT2D eigenvalue weighted by molar-refractivity contribution is 5.94. The zero-order chi connectivity index (χ0) is 19.2. The minimum absolute atomic E-state index is 0.206. The van der Waals surface area contributed by atoms with Gasteiger partial charge in [0.15, 0.2) is 0 Å². The van der Waals surface area contributed by atoms with Gasteiger partial charge in [0.1, 0.15) is 0 Å². The van der Waals surface area contributed by atoms with E-state index in [4.69, 9.17) is 5.41 Å². The summed E-state index contributed by atoms with van der Waals surface area (Å²) in [6.45, 7) is 13.7. The normalized spacial score (nSPS) is 14.9. The molecule has 4 heteroatoms. The molecule has 0 saturated carbocycles. The molecule has 0 radical (unpaired) electrons. The number of hydrogen-bond donors (Lipinski definition) is 3. The second kappa shape index (κ2) is 13.1. The first kappa shape index (κ1) is 22.8. The predicted molar refractivity (Wildman–Crippen MR) is 107 cm³/mol. The van der Waals surface area contributed by atoms with E-state index in [9.17, 15) is 9.90 Å². The Morgan fingerprint density at radius 2 is 2.04 bits per heavy atom. The first-order valence-corrected chi connectivity index (χ1v) is 8.65. The highest BCUT2D eigenvalue weighted by Crippen LogP contribution is 2.14. The molecule has 0 spiro atoms. The number of nitrogens with one attached hydrogen (secondary N) is 2. The van der Waals surface area contributed by atoms with Gasteiger partial charge in [-0.15, -0.1) is 6.58 Å². The van der Waals surface area contributed by atoms with Gasteiger partial charge in [-0.3, -0.25) is 4.79 Å². The second-order valence-corrected chi connectivity index (χ2v) is 6.07. The van der Waals surface area contributed by atoms with E-state index in [-0.39, 0.29) is 12.5 Å². The van der Waals surface area contributed by atoms with E-state index in [2.05, 4.69) is 18.5 Å². The molecular formula is C21H32N2O2. The van der Waals surface area contributed by atoms with Gasteiger partial charge in [0.05, 0.1) is 12.0 Å². The molecule has 138 valence electrons. The van der Waals surface area contributed by atoms with Crippen LogP contribution in [0.1, 0.15) is 40.0 Å². The number of carbonyl (C=O) groups is 1. The molecule has 3 N–H and O–H groups in total. The van der Waals surface area contributed by atoms with Crippen LogP contribution in [0.2, 0.25) is 0 Å². The van der Waals surface area contributed by atoms with E-state index in [1.54, 1.807) is 6.08 Å². The van der Waals surface area contributed by atoms with Gasteiger partial charge in [0, 0.05) is 12.8 Å². The van der Waals surface area contributed by atoms with E-state index in [1.807, 2.05) is 45.1 Å². The molecule has 4 nitrogen and oxygen atoms in total. The number of aliphatic hydroxyl groups is 1. The van der Waals surface area contributed by atoms with E-state index in [0.717, 1.165) is 35.8 Å². The van der Waals surface area contributed by atoms with Crippen LogP contribution in [-0.4, -0.2) is 29.9 Å². The molecule has 0 fully saturated rings. The summed E-state index contributed by atoms with van der Waals surface area (Å²) >= 11 is 0. The van der Waals surface area contributed by atoms with Crippen molar-refractivity contribution in [2.24, 2.45) is 5.92 Å². The minimum Gasteiger partial charge on any atom is -0.391 e. The van der Waals surface area contributed by atoms with Crippen molar-refractivity contribution in [1.29, 1.82) is 5.41 Å². The molecule has 0 rings (SSSR count). The SMILES string of the molecule is C=CC/C=C\C(C)=C/C(=C)/C(C)=C/C(C=N)C(=O)NCC(O)CCC. The lowest BCUT2D eigenvalue weighted by Gasteiger charge is -2.14. The first-order chi connectivity index (χ1) is 11.8. The monoisotopic (exact) mass is 344 g/mol. The van der Waals surface area contributed by atoms with Gasteiger partial charge >= 0.3 is 0 Å². The van der Waals surface area contributed by atoms with Crippen LogP contribution in [0.3, 0.4) is 0 Å². The summed E-state index contributed by atoms with van der Waals surface area (Å²) in [5.41, 5.74) is 2.69. The second-order valence-electron chi connectivity index (χ2n) is 6.07. The standard InChI is InChI=1S/C21H32N2O2/c1-6-8-9-11-16(3)12-17(4)18(5)13-19(14-22)21(25)23-15-20(24)10-7-2/h6,9,11-14,19-20,22,24H,1,4,7-8,10,15H2,2-3,5H3,(H,23,25)/b11-9-,16-12-,18-13+,22-14?. The average molecular weight is 344 g/mol. The number of carbonyl (C=O) groups excluding carboxylic acids is 1. The maximum absolute atomic E-state index is 12.2. The first-order valence-electron chi connectivity index (χ1n) is 8.65. The summed E-state index contributed by atoms with van der Waals surface area (Å²) in [6, 6.07) is 0. The lowest BCUT2D eigenvalue weighted by atomic mass is 10.00. The van der Waals surface area contributed by atoms with Crippen molar-refractivity contribution >= 4 is 12.1 Å². The van der Waals surface area contributed by atoms with Crippen LogP contribution < -0.4 is 5.32 Å². The number of allylic oxidation sites excluding steroid dienone is 7. The molecule has 0 aliphatic rings. The number of rotatable bonds is 12. The molecule has 2 unspecified atom stereocenters. The molecule has 0 aromatic rings. The van der Waals surface area contributed by atoms with Crippen molar-refractivity contribution in [3.8, 4) is 0 Å². The van der Waals surface area contributed by atoms with Crippen LogP contribution in [0, 0.1) is 11.3 Å². The molecular weight excluding hydrogens is 312 g/mol. The summed E-state index contributed by atoms with van der Waals surface area (Å²) in [7, 11) is 0. The summed E-state index contributed by atoms with van der Waals surface area (Å²) in [4.78, 5) is 12.2. The van der Waals surface area contributed by atoms with Gasteiger partial charge in [0.2, 0.25) is 5.91 Å². The Bertz CT molecular complexity index is 556. The Balaban J connectivity index is 4.85. The highest BCUT2D eigenvalue weighted by Gasteiger charge is 2.15. The van der Waals surface area contributed by atoms with E-state index in [0.29, 0.717) is 6.42 Å². The van der Waals surface area contributed by atoms with Crippen molar-refractivity contribution in [3.63, 3.8) is 0 Å². The van der Waals surface area contributed by atoms with Crippen molar-refractivity contribution in [2.45, 2.75) is 46.1 Å². The number of amides is 1. The molecule has 0 heterocycles. The van der Waals surface area contributed by atoms with Crippen LogP contribution in [0.4, 0.5) is 0 Å². The zero-order valence-electron chi connectivity index (χ0n) is 15.7. The number of hydrogen-bond acceptors (Lipinski definition) is 3. The van der Waals surface area contributed by atoms with Crippen molar-refractivity contribution in [3.05, 3.63) is 60.3 Å². The topological polar surface area (TPSA) is 73.2 Å². The third kappa shape index (κ3) is 10.3. The van der Waals surface area contributed by atoms with Gasteiger partial charge in [-0.25, -0.2) is 0 Å². The summed E-state index contributed by atoms with van der Waals surface area (Å²) < 4.78 is 0. The van der Waals surface area contributed by atoms with Gasteiger partial charge in [-0.2, -0.15) is 0 Å². The summed E-state index contributed by atoms with van der Waals surface area (Å²) in [5.74, 6) is -0.959. The predicted octanol–water partition coefficient (Wildman–Crippen LogP) is 4.11. The molecule has 1 amide bonds. The lowest BCUT2D eigenvalue weighted by molar-refractivity contribution is -0.122. The van der Waals surface area contributed by atoms with Crippen LogP contribution in [0.25, 0.3) is 0 Å². The highest BCUT2D eigenvalue weighted by atomic mass is 16.3. The lowest BCUT2D eigenvalue weighted by Crippen LogP contribution is -2.36. The molecule has 0 saturated heterocycles. The Morgan fingerprint density at radius 3 is 2.60 bits per heavy atom. The Hall–Kier alpha value is -2.20. The smallest absolute Gasteiger partial charge is 0.232 e. The molecule has 25 heavy (non-hydrogen) atoms. The molecule has 0 aliphatic heterocycles. The van der Waals surface area contributed by atoms with Crippen LogP contribution >= 0.6 is 0 Å². The largest absolute Gasteiger partial charge is 0.391 e. The maximum Gasteiger partial charge on any atom is 0.232 e. The van der Waals surface area contributed by atoms with Crippen LogP contribution in [0.5, 0.6) is 0 Å². The van der Waals surface area contributed by atoms with Crippen molar-refractivity contribution in [1.82, 2.24) is 5.32 Å². The molecule has 0 aliphatic carbocycles. The molecule has 2 atom stereocenters.